The molecule has 0 spiro atoms. The largest absolute Gasteiger partial charge is 0.437 e. The first kappa shape index (κ1) is 12.7. The number of hydrogen-bond donors (Lipinski definition) is 1. The SMILES string of the molecule is CSc1ccccc1Oc1ncnc2ccc(N)cc12. The Balaban J connectivity index is 2.08. The molecule has 1 heterocycles. The summed E-state index contributed by atoms with van der Waals surface area (Å²) in [5.41, 5.74) is 7.30. The molecule has 0 aliphatic carbocycles. The van der Waals surface area contributed by atoms with E-state index in [2.05, 4.69) is 9.97 Å². The van der Waals surface area contributed by atoms with E-state index in [9.17, 15) is 0 Å². The van der Waals surface area contributed by atoms with Crippen molar-refractivity contribution in [2.24, 2.45) is 0 Å². The van der Waals surface area contributed by atoms with Gasteiger partial charge < -0.3 is 10.5 Å². The van der Waals surface area contributed by atoms with Crippen LogP contribution in [0.1, 0.15) is 0 Å². The van der Waals surface area contributed by atoms with Crippen molar-refractivity contribution < 1.29 is 4.74 Å². The lowest BCUT2D eigenvalue weighted by Gasteiger charge is -2.10. The molecule has 0 fully saturated rings. The highest BCUT2D eigenvalue weighted by molar-refractivity contribution is 7.98. The standard InChI is InChI=1S/C15H13N3OS/c1-20-14-5-3-2-4-13(14)19-15-11-8-10(16)6-7-12(11)17-9-18-15/h2-9H,16H2,1H3. The van der Waals surface area contributed by atoms with Gasteiger partial charge in [-0.15, -0.1) is 11.8 Å². The minimum atomic E-state index is 0.517. The number of nitrogens with two attached hydrogens (primary N) is 1. The molecule has 3 rings (SSSR count). The van der Waals surface area contributed by atoms with Gasteiger partial charge in [0.05, 0.1) is 10.9 Å². The summed E-state index contributed by atoms with van der Waals surface area (Å²) in [5.74, 6) is 1.30. The van der Waals surface area contributed by atoms with Crippen LogP contribution in [0.5, 0.6) is 11.6 Å². The van der Waals surface area contributed by atoms with Gasteiger partial charge >= 0.3 is 0 Å². The van der Waals surface area contributed by atoms with Crippen LogP contribution in [-0.2, 0) is 0 Å². The van der Waals surface area contributed by atoms with Gasteiger partial charge in [0.15, 0.2) is 0 Å². The zero-order valence-corrected chi connectivity index (χ0v) is 11.7. The maximum atomic E-state index is 5.94. The number of para-hydroxylation sites is 1. The summed E-state index contributed by atoms with van der Waals surface area (Å²) in [6, 6.07) is 13.4. The number of fused-ring (bicyclic) bond motifs is 1. The monoisotopic (exact) mass is 283 g/mol. The molecule has 0 aliphatic heterocycles. The summed E-state index contributed by atoms with van der Waals surface area (Å²) in [6.45, 7) is 0. The molecule has 0 atom stereocenters. The van der Waals surface area contributed by atoms with E-state index in [1.165, 1.54) is 6.33 Å². The van der Waals surface area contributed by atoms with Gasteiger partial charge in [-0.3, -0.25) is 0 Å². The number of nitrogen functional groups attached to an aromatic ring is 1. The highest BCUT2D eigenvalue weighted by atomic mass is 32.2. The number of anilines is 1. The first-order chi connectivity index (χ1) is 9.78. The number of thioether (sulfide) groups is 1. The van der Waals surface area contributed by atoms with Crippen LogP contribution in [0.15, 0.2) is 53.7 Å². The van der Waals surface area contributed by atoms with Crippen molar-refractivity contribution in [3.63, 3.8) is 0 Å². The van der Waals surface area contributed by atoms with Crippen LogP contribution in [0.25, 0.3) is 10.9 Å². The van der Waals surface area contributed by atoms with E-state index in [4.69, 9.17) is 10.5 Å². The van der Waals surface area contributed by atoms with E-state index in [-0.39, 0.29) is 0 Å². The van der Waals surface area contributed by atoms with Gasteiger partial charge in [-0.05, 0) is 36.6 Å². The van der Waals surface area contributed by atoms with E-state index in [1.54, 1.807) is 11.8 Å². The van der Waals surface area contributed by atoms with Crippen LogP contribution < -0.4 is 10.5 Å². The number of benzene rings is 2. The van der Waals surface area contributed by atoms with Crippen molar-refractivity contribution in [2.45, 2.75) is 4.90 Å². The predicted molar refractivity (Wildman–Crippen MR) is 82.2 cm³/mol. The molecule has 0 unspecified atom stereocenters. The van der Waals surface area contributed by atoms with Gasteiger partial charge in [0.2, 0.25) is 5.88 Å². The quantitative estimate of drug-likeness (QED) is 0.586. The molecule has 0 radical (unpaired) electrons. The minimum Gasteiger partial charge on any atom is -0.437 e. The van der Waals surface area contributed by atoms with Gasteiger partial charge in [-0.1, -0.05) is 12.1 Å². The lowest BCUT2D eigenvalue weighted by molar-refractivity contribution is 0.457. The third kappa shape index (κ3) is 2.40. The van der Waals surface area contributed by atoms with Crippen LogP contribution in [0.2, 0.25) is 0 Å². The van der Waals surface area contributed by atoms with E-state index >= 15 is 0 Å². The van der Waals surface area contributed by atoms with Crippen LogP contribution in [0.3, 0.4) is 0 Å². The Labute approximate surface area is 121 Å². The van der Waals surface area contributed by atoms with Gasteiger partial charge in [-0.2, -0.15) is 0 Å². The van der Waals surface area contributed by atoms with E-state index in [0.29, 0.717) is 11.6 Å². The van der Waals surface area contributed by atoms with E-state index in [0.717, 1.165) is 21.5 Å². The summed E-state index contributed by atoms with van der Waals surface area (Å²) in [5, 5.41) is 0.809. The Morgan fingerprint density at radius 3 is 2.80 bits per heavy atom. The Hall–Kier alpha value is -2.27. The fourth-order valence-electron chi connectivity index (χ4n) is 1.94. The van der Waals surface area contributed by atoms with Crippen molar-refractivity contribution in [1.82, 2.24) is 9.97 Å². The summed E-state index contributed by atoms with van der Waals surface area (Å²) < 4.78 is 5.94. The number of hydrogen-bond acceptors (Lipinski definition) is 5. The summed E-state index contributed by atoms with van der Waals surface area (Å²) in [4.78, 5) is 9.49. The average Bonchev–Trinajstić information content (AvgIpc) is 2.48. The smallest absolute Gasteiger partial charge is 0.230 e. The number of aromatic nitrogens is 2. The second-order valence-corrected chi connectivity index (χ2v) is 5.06. The van der Waals surface area contributed by atoms with Crippen LogP contribution in [-0.4, -0.2) is 16.2 Å². The fraction of sp³-hybridized carbons (Fsp3) is 0.0667. The number of rotatable bonds is 3. The van der Waals surface area contributed by atoms with Gasteiger partial charge in [0.1, 0.15) is 12.1 Å². The molecule has 4 nitrogen and oxygen atoms in total. The maximum absolute atomic E-state index is 5.94. The molecule has 2 N–H and O–H groups in total. The molecular weight excluding hydrogens is 270 g/mol. The topological polar surface area (TPSA) is 61.0 Å². The molecule has 0 saturated carbocycles. The van der Waals surface area contributed by atoms with Gasteiger partial charge in [-0.25, -0.2) is 9.97 Å². The highest BCUT2D eigenvalue weighted by Crippen LogP contribution is 2.33. The Morgan fingerprint density at radius 2 is 1.95 bits per heavy atom. The summed E-state index contributed by atoms with van der Waals surface area (Å²) >= 11 is 1.63. The van der Waals surface area contributed by atoms with Crippen LogP contribution in [0.4, 0.5) is 5.69 Å². The second kappa shape index (κ2) is 5.38. The Morgan fingerprint density at radius 1 is 1.10 bits per heavy atom. The van der Waals surface area contributed by atoms with Gasteiger partial charge in [0.25, 0.3) is 0 Å². The zero-order chi connectivity index (χ0) is 13.9. The maximum Gasteiger partial charge on any atom is 0.230 e. The number of ether oxygens (including phenoxy) is 1. The van der Waals surface area contributed by atoms with E-state index in [1.807, 2.05) is 48.7 Å². The normalized spacial score (nSPS) is 10.7. The predicted octanol–water partition coefficient (Wildman–Crippen LogP) is 3.73. The van der Waals surface area contributed by atoms with Crippen LogP contribution in [0, 0.1) is 0 Å². The molecule has 1 aromatic heterocycles. The Bertz CT molecular complexity index is 761. The first-order valence-electron chi connectivity index (χ1n) is 6.09. The van der Waals surface area contributed by atoms with Gasteiger partial charge in [0, 0.05) is 10.6 Å². The summed E-state index contributed by atoms with van der Waals surface area (Å²) in [6.07, 6.45) is 3.51. The third-order valence-electron chi connectivity index (χ3n) is 2.90. The molecule has 5 heteroatoms. The molecule has 0 bridgehead atoms. The molecule has 0 aliphatic rings. The number of nitrogens with zero attached hydrogens (tertiary/aromatic N) is 2. The van der Waals surface area contributed by atoms with Crippen molar-refractivity contribution in [3.8, 4) is 11.6 Å². The fourth-order valence-corrected chi connectivity index (χ4v) is 2.46. The molecular formula is C15H13N3OS. The summed E-state index contributed by atoms with van der Waals surface area (Å²) in [7, 11) is 0. The molecule has 100 valence electrons. The van der Waals surface area contributed by atoms with E-state index < -0.39 is 0 Å². The average molecular weight is 283 g/mol. The highest BCUT2D eigenvalue weighted by Gasteiger charge is 2.09. The second-order valence-electron chi connectivity index (χ2n) is 4.21. The van der Waals surface area contributed by atoms with Crippen molar-refractivity contribution >= 4 is 28.4 Å². The third-order valence-corrected chi connectivity index (χ3v) is 3.68. The minimum absolute atomic E-state index is 0.517. The molecule has 0 amide bonds. The first-order valence-corrected chi connectivity index (χ1v) is 7.31. The Kier molecular flexibility index (Phi) is 3.43. The lowest BCUT2D eigenvalue weighted by Crippen LogP contribution is -1.93. The van der Waals surface area contributed by atoms with Crippen molar-refractivity contribution in [3.05, 3.63) is 48.8 Å². The van der Waals surface area contributed by atoms with Crippen molar-refractivity contribution in [2.75, 3.05) is 12.0 Å². The lowest BCUT2D eigenvalue weighted by atomic mass is 10.2. The molecule has 3 aromatic rings. The van der Waals surface area contributed by atoms with Crippen molar-refractivity contribution in [1.29, 1.82) is 0 Å². The molecule has 0 saturated heterocycles. The van der Waals surface area contributed by atoms with Crippen LogP contribution >= 0.6 is 11.8 Å². The zero-order valence-electron chi connectivity index (χ0n) is 10.9. The molecule has 2 aromatic carbocycles. The molecule has 20 heavy (non-hydrogen) atoms.